The monoisotopic (exact) mass is 822 g/mol. The summed E-state index contributed by atoms with van der Waals surface area (Å²) in [5.41, 5.74) is 9.43. The van der Waals surface area contributed by atoms with Crippen LogP contribution in [-0.2, 0) is 3.42 Å². The fourth-order valence-corrected chi connectivity index (χ4v) is 27.6. The number of hydrogen-bond acceptors (Lipinski definition) is 8. The molecule has 4 aromatic carbocycles. The molecule has 7 heterocycles. The van der Waals surface area contributed by atoms with E-state index >= 15 is 0 Å². The number of halogens is 1. The predicted octanol–water partition coefficient (Wildman–Crippen LogP) is 10.6. The van der Waals surface area contributed by atoms with Crippen molar-refractivity contribution in [1.82, 2.24) is 19.9 Å². The Morgan fingerprint density at radius 1 is 0.556 bits per heavy atom. The third kappa shape index (κ3) is 3.71. The summed E-state index contributed by atoms with van der Waals surface area (Å²) >= 11 is -3.54. The van der Waals surface area contributed by atoms with Crippen LogP contribution >= 0.6 is 18.0 Å². The van der Waals surface area contributed by atoms with Crippen molar-refractivity contribution in [3.63, 3.8) is 0 Å². The van der Waals surface area contributed by atoms with Gasteiger partial charge < -0.3 is 0 Å². The fraction of sp³-hybridized carbons (Fsp3) is 0.267. The van der Waals surface area contributed by atoms with Gasteiger partial charge >= 0.3 is 322 Å². The normalized spacial score (nSPS) is 27.7. The zero-order valence-corrected chi connectivity index (χ0v) is 33.5. The van der Waals surface area contributed by atoms with Crippen LogP contribution in [0, 0.1) is 0 Å². The van der Waals surface area contributed by atoms with Crippen LogP contribution in [0.3, 0.4) is 0 Å². The zero-order valence-electron chi connectivity index (χ0n) is 31.4. The first kappa shape index (κ1) is 32.3. The van der Waals surface area contributed by atoms with E-state index < -0.39 is 18.0 Å². The first-order valence-electron chi connectivity index (χ1n) is 19.0. The van der Waals surface area contributed by atoms with Crippen LogP contribution < -0.4 is 19.6 Å². The molecular formula is C45H43IN8. The van der Waals surface area contributed by atoms with Crippen molar-refractivity contribution in [1.29, 1.82) is 0 Å². The molecule has 1 fully saturated rings. The van der Waals surface area contributed by atoms with E-state index in [0.717, 1.165) is 46.0 Å². The number of nitrogens with zero attached hydrogens (tertiary/aromatic N) is 8. The second-order valence-electron chi connectivity index (χ2n) is 15.9. The van der Waals surface area contributed by atoms with Crippen molar-refractivity contribution in [2.75, 3.05) is 19.6 Å². The molecule has 5 unspecified atom stereocenters. The van der Waals surface area contributed by atoms with Gasteiger partial charge in [-0.1, -0.05) is 0 Å². The summed E-state index contributed by atoms with van der Waals surface area (Å²) in [6.45, 7) is 14.0. The van der Waals surface area contributed by atoms with E-state index in [1.54, 1.807) is 0 Å². The Balaban J connectivity index is 1.26. The summed E-state index contributed by atoms with van der Waals surface area (Å²) in [5.74, 6) is 4.26. The molecule has 0 saturated carbocycles. The van der Waals surface area contributed by atoms with Gasteiger partial charge in [-0.3, -0.25) is 0 Å². The Morgan fingerprint density at radius 2 is 1.07 bits per heavy atom. The van der Waals surface area contributed by atoms with Gasteiger partial charge in [-0.15, -0.1) is 0 Å². The number of hydrogen-bond donors (Lipinski definition) is 0. The van der Waals surface area contributed by atoms with Crippen molar-refractivity contribution < 1.29 is 0 Å². The second-order valence-corrected chi connectivity index (χ2v) is 25.8. The van der Waals surface area contributed by atoms with E-state index in [-0.39, 0.29) is 29.0 Å². The maximum atomic E-state index is 5.49. The molecule has 5 aliphatic rings. The molecule has 1 saturated heterocycles. The summed E-state index contributed by atoms with van der Waals surface area (Å²) in [6.07, 6.45) is 3.93. The van der Waals surface area contributed by atoms with Crippen LogP contribution in [0.25, 0.3) is 0 Å². The van der Waals surface area contributed by atoms with Gasteiger partial charge in [-0.25, -0.2) is 0 Å². The van der Waals surface area contributed by atoms with Crippen molar-refractivity contribution >= 4 is 68.0 Å². The van der Waals surface area contributed by atoms with Crippen LogP contribution in [0.15, 0.2) is 122 Å². The quantitative estimate of drug-likeness (QED) is 0.0990. The molecule has 11 rings (SSSR count). The average molecular weight is 823 g/mol. The van der Waals surface area contributed by atoms with Gasteiger partial charge in [0, 0.05) is 0 Å². The van der Waals surface area contributed by atoms with Gasteiger partial charge in [0.05, 0.1) is 0 Å². The first-order chi connectivity index (χ1) is 26.2. The van der Waals surface area contributed by atoms with Crippen LogP contribution in [0.1, 0.15) is 75.9 Å². The van der Waals surface area contributed by atoms with Gasteiger partial charge in [0.2, 0.25) is 0 Å². The molecule has 0 bridgehead atoms. The van der Waals surface area contributed by atoms with Crippen LogP contribution in [-0.4, -0.2) is 37.7 Å². The molecule has 0 amide bonds. The minimum atomic E-state index is -3.54. The number of aromatic nitrogens is 4. The molecule has 9 heteroatoms. The summed E-state index contributed by atoms with van der Waals surface area (Å²) in [5, 5.41) is 0. The van der Waals surface area contributed by atoms with Gasteiger partial charge in [0.1, 0.15) is 0 Å². The molecule has 5 aliphatic heterocycles. The Bertz CT molecular complexity index is 2570. The molecule has 0 N–H and O–H groups in total. The number of rotatable bonds is 4. The average Bonchev–Trinajstić information content (AvgIpc) is 3.48. The number of anilines is 8. The number of alkyl halides is 3. The zero-order chi connectivity index (χ0) is 36.7. The van der Waals surface area contributed by atoms with Crippen LogP contribution in [0.4, 0.5) is 46.0 Å². The molecular weight excluding hydrogens is 779 g/mol. The molecule has 270 valence electrons. The third-order valence-corrected chi connectivity index (χ3v) is 27.3. The van der Waals surface area contributed by atoms with Crippen molar-refractivity contribution in [2.24, 2.45) is 0 Å². The standard InChI is InChI=1S/C45H43IN8/c1-28(2)34-27-48-39-40(49-34)52(32-20-11-8-12-21-32)43-46(25-30-17-13-15-23-36(30)54(39)43)44(5)33-22-14-16-24-37(33)53-41-38(47-26-35(50-41)29(3)4)51(42(53)45(44,46)6)31-18-9-7-10-19-31/h7-29,42-43H,1-6H3. The fourth-order valence-electron chi connectivity index (χ4n) is 9.93. The summed E-state index contributed by atoms with van der Waals surface area (Å²) in [4.78, 5) is 31.8. The van der Waals surface area contributed by atoms with Gasteiger partial charge in [-0.2, -0.15) is 0 Å². The topological polar surface area (TPSA) is 64.5 Å². The van der Waals surface area contributed by atoms with Crippen LogP contribution in [0.5, 0.6) is 0 Å². The van der Waals surface area contributed by atoms with Gasteiger partial charge in [0.15, 0.2) is 0 Å². The Kier molecular flexibility index (Phi) is 6.56. The van der Waals surface area contributed by atoms with Gasteiger partial charge in [0.25, 0.3) is 0 Å². The third-order valence-electron chi connectivity index (χ3n) is 12.7. The molecule has 6 aromatic rings. The molecule has 1 spiro atoms. The Labute approximate surface area is 320 Å². The molecule has 5 atom stereocenters. The minimum absolute atomic E-state index is 0.00287. The number of para-hydroxylation sites is 4. The second kappa shape index (κ2) is 11.0. The van der Waals surface area contributed by atoms with E-state index in [2.05, 4.69) is 174 Å². The first-order valence-corrected chi connectivity index (χ1v) is 23.7. The maximum absolute atomic E-state index is 5.49. The predicted molar refractivity (Wildman–Crippen MR) is 229 cm³/mol. The van der Waals surface area contributed by atoms with E-state index in [1.165, 1.54) is 22.5 Å². The summed E-state index contributed by atoms with van der Waals surface area (Å²) < 4.78 is 2.43. The van der Waals surface area contributed by atoms with E-state index in [0.29, 0.717) is 0 Å². The molecule has 8 nitrogen and oxygen atoms in total. The van der Waals surface area contributed by atoms with E-state index in [1.807, 2.05) is 12.4 Å². The number of fused-ring (bicyclic) bond motifs is 16. The molecule has 0 radical (unpaired) electrons. The summed E-state index contributed by atoms with van der Waals surface area (Å²) in [7, 11) is 0. The molecule has 0 aliphatic carbocycles. The van der Waals surface area contributed by atoms with Crippen LogP contribution in [0.2, 0.25) is 0 Å². The number of benzene rings is 4. The summed E-state index contributed by atoms with van der Waals surface area (Å²) in [6, 6.07) is 40.0. The van der Waals surface area contributed by atoms with Crippen molar-refractivity contribution in [2.45, 2.75) is 70.6 Å². The molecule has 2 aromatic heterocycles. The van der Waals surface area contributed by atoms with Crippen molar-refractivity contribution in [3.05, 3.63) is 144 Å². The Hall–Kier alpha value is -5.16. The SMILES string of the molecule is CC(C)c1cnc2c(n1)N1c3ccccc3C3(C)C(C)(C1N2c1ccccc1)I31=Cc2ccccc2N2c3ncc(C(C)C)nc3N(c3ccccc3)C21. The van der Waals surface area contributed by atoms with E-state index in [9.17, 15) is 0 Å². The van der Waals surface area contributed by atoms with Gasteiger partial charge in [-0.05, 0) is 0 Å². The Morgan fingerprint density at radius 3 is 1.70 bits per heavy atom. The van der Waals surface area contributed by atoms with Crippen molar-refractivity contribution in [3.8, 4) is 0 Å². The molecule has 54 heavy (non-hydrogen) atoms. The van der Waals surface area contributed by atoms with E-state index in [4.69, 9.17) is 19.9 Å².